The fourth-order valence-corrected chi connectivity index (χ4v) is 4.19. The summed E-state index contributed by atoms with van der Waals surface area (Å²) in [7, 11) is 0. The molecule has 2 N–H and O–H groups in total. The zero-order chi connectivity index (χ0) is 24.8. The number of urea groups is 1. The smallest absolute Gasteiger partial charge is 0.319 e. The second kappa shape index (κ2) is 11.0. The number of benzene rings is 2. The molecule has 0 radical (unpaired) electrons. The predicted molar refractivity (Wildman–Crippen MR) is 127 cm³/mol. The Morgan fingerprint density at radius 2 is 1.65 bits per heavy atom. The highest BCUT2D eigenvalue weighted by molar-refractivity contribution is 6.02. The maximum absolute atomic E-state index is 13.2. The maximum atomic E-state index is 13.2. The Kier molecular flexibility index (Phi) is 8.15. The van der Waals surface area contributed by atoms with Gasteiger partial charge in [-0.15, -0.1) is 0 Å². The summed E-state index contributed by atoms with van der Waals surface area (Å²) in [5.74, 6) is -0.636. The summed E-state index contributed by atoms with van der Waals surface area (Å²) in [4.78, 5) is 50.7. The van der Waals surface area contributed by atoms with Gasteiger partial charge in [0.1, 0.15) is 11.9 Å². The number of nitrogens with zero attached hydrogens (tertiary/aromatic N) is 1. The molecule has 0 unspecified atom stereocenters. The van der Waals surface area contributed by atoms with Crippen LogP contribution in [0.25, 0.3) is 0 Å². The number of carbonyl (C=O) groups excluding carboxylic acids is 4. The fraction of sp³-hybridized carbons (Fsp3) is 0.385. The van der Waals surface area contributed by atoms with Crippen molar-refractivity contribution in [3.8, 4) is 0 Å². The summed E-state index contributed by atoms with van der Waals surface area (Å²) in [6.07, 6.45) is 2.61. The van der Waals surface area contributed by atoms with Gasteiger partial charge in [-0.25, -0.2) is 9.18 Å². The lowest BCUT2D eigenvalue weighted by molar-refractivity contribution is -0.134. The molecule has 1 saturated heterocycles. The predicted octanol–water partition coefficient (Wildman–Crippen LogP) is 4.22. The van der Waals surface area contributed by atoms with Crippen LogP contribution in [0.15, 0.2) is 42.5 Å². The third kappa shape index (κ3) is 6.73. The Balaban J connectivity index is 1.58. The normalized spacial score (nSPS) is 16.5. The summed E-state index contributed by atoms with van der Waals surface area (Å²) >= 11 is 0. The van der Waals surface area contributed by atoms with E-state index in [2.05, 4.69) is 10.6 Å². The van der Waals surface area contributed by atoms with E-state index < -0.39 is 12.1 Å². The summed E-state index contributed by atoms with van der Waals surface area (Å²) in [6, 6.07) is 9.53. The molecule has 1 aliphatic rings. The van der Waals surface area contributed by atoms with Crippen LogP contribution in [-0.4, -0.2) is 47.5 Å². The number of nitrogens with one attached hydrogen (secondary N) is 2. The standard InChI is InChI=1S/C26H30FN3O4/c1-16(28-26(34)29-24-13-21(17(2)31)12-22(14-24)18(3)32)25(33)30-10-4-5-20(15-30)11-19-6-8-23(27)9-7-19/h6-9,12-14,16,20H,4-5,10-11,15H2,1-3H3,(H2,28,29,34)/t16-,20-/m0/s1. The Morgan fingerprint density at radius 3 is 2.24 bits per heavy atom. The third-order valence-corrected chi connectivity index (χ3v) is 5.99. The minimum Gasteiger partial charge on any atom is -0.341 e. The van der Waals surface area contributed by atoms with E-state index >= 15 is 0 Å². The molecule has 2 aromatic rings. The first-order chi connectivity index (χ1) is 16.1. The molecule has 7 nitrogen and oxygen atoms in total. The SMILES string of the molecule is CC(=O)c1cc(NC(=O)N[C@@H](C)C(=O)N2CCC[C@@H](Cc3ccc(F)cc3)C2)cc(C(C)=O)c1. The highest BCUT2D eigenvalue weighted by Crippen LogP contribution is 2.22. The van der Waals surface area contributed by atoms with Crippen molar-refractivity contribution in [2.75, 3.05) is 18.4 Å². The van der Waals surface area contributed by atoms with E-state index in [4.69, 9.17) is 0 Å². The molecule has 1 fully saturated rings. The molecule has 8 heteroatoms. The molecule has 3 amide bonds. The summed E-state index contributed by atoms with van der Waals surface area (Å²) < 4.78 is 13.2. The number of hydrogen-bond acceptors (Lipinski definition) is 4. The zero-order valence-electron chi connectivity index (χ0n) is 19.7. The lowest BCUT2D eigenvalue weighted by Gasteiger charge is -2.34. The monoisotopic (exact) mass is 467 g/mol. The molecule has 1 aliphatic heterocycles. The zero-order valence-corrected chi connectivity index (χ0v) is 19.7. The molecule has 34 heavy (non-hydrogen) atoms. The van der Waals surface area contributed by atoms with E-state index in [-0.39, 0.29) is 29.2 Å². The van der Waals surface area contributed by atoms with Crippen LogP contribution in [0.3, 0.4) is 0 Å². The molecular formula is C26H30FN3O4. The Labute approximate surface area is 198 Å². The van der Waals surface area contributed by atoms with E-state index in [1.807, 2.05) is 0 Å². The number of piperidine rings is 1. The van der Waals surface area contributed by atoms with Gasteiger partial charge in [-0.1, -0.05) is 12.1 Å². The van der Waals surface area contributed by atoms with Crippen molar-refractivity contribution in [2.45, 2.75) is 46.1 Å². The maximum Gasteiger partial charge on any atom is 0.319 e. The van der Waals surface area contributed by atoms with E-state index in [0.717, 1.165) is 24.8 Å². The Morgan fingerprint density at radius 1 is 1.03 bits per heavy atom. The molecule has 3 rings (SSSR count). The minimum absolute atomic E-state index is 0.180. The van der Waals surface area contributed by atoms with Crippen molar-refractivity contribution < 1.29 is 23.6 Å². The average molecular weight is 468 g/mol. The first-order valence-corrected chi connectivity index (χ1v) is 11.4. The highest BCUT2D eigenvalue weighted by atomic mass is 19.1. The van der Waals surface area contributed by atoms with E-state index in [9.17, 15) is 23.6 Å². The van der Waals surface area contributed by atoms with Crippen molar-refractivity contribution in [1.29, 1.82) is 0 Å². The highest BCUT2D eigenvalue weighted by Gasteiger charge is 2.27. The number of halogens is 1. The van der Waals surface area contributed by atoms with Crippen LogP contribution < -0.4 is 10.6 Å². The molecule has 2 aromatic carbocycles. The number of rotatable bonds is 7. The van der Waals surface area contributed by atoms with Gasteiger partial charge in [0.15, 0.2) is 11.6 Å². The molecule has 0 aromatic heterocycles. The van der Waals surface area contributed by atoms with Crippen molar-refractivity contribution in [3.05, 3.63) is 65.0 Å². The topological polar surface area (TPSA) is 95.6 Å². The van der Waals surface area contributed by atoms with Crippen LogP contribution >= 0.6 is 0 Å². The van der Waals surface area contributed by atoms with Crippen molar-refractivity contribution >= 4 is 29.2 Å². The van der Waals surface area contributed by atoms with Gasteiger partial charge >= 0.3 is 6.03 Å². The first-order valence-electron chi connectivity index (χ1n) is 11.4. The van der Waals surface area contributed by atoms with E-state index in [1.54, 1.807) is 24.0 Å². The van der Waals surface area contributed by atoms with E-state index in [0.29, 0.717) is 29.9 Å². The number of carbonyl (C=O) groups is 4. The second-order valence-electron chi connectivity index (χ2n) is 8.85. The van der Waals surface area contributed by atoms with Gasteiger partial charge in [0, 0.05) is 29.9 Å². The molecule has 1 heterocycles. The van der Waals surface area contributed by atoms with Gasteiger partial charge in [0.25, 0.3) is 0 Å². The molecule has 0 aliphatic carbocycles. The van der Waals surface area contributed by atoms with Gasteiger partial charge in [0.05, 0.1) is 0 Å². The van der Waals surface area contributed by atoms with Gasteiger partial charge in [-0.2, -0.15) is 0 Å². The van der Waals surface area contributed by atoms with Crippen LogP contribution in [-0.2, 0) is 11.2 Å². The Bertz CT molecular complexity index is 1050. The number of ketones is 2. The number of Topliss-reactive ketones (excluding diaryl/α,β-unsaturated/α-hetero) is 2. The van der Waals surface area contributed by atoms with Crippen molar-refractivity contribution in [1.82, 2.24) is 10.2 Å². The Hall–Kier alpha value is -3.55. The number of amides is 3. The number of likely N-dealkylation sites (tertiary alicyclic amines) is 1. The summed E-state index contributed by atoms with van der Waals surface area (Å²) in [6.45, 7) is 5.58. The fourth-order valence-electron chi connectivity index (χ4n) is 4.19. The largest absolute Gasteiger partial charge is 0.341 e. The average Bonchev–Trinajstić information content (AvgIpc) is 2.79. The van der Waals surface area contributed by atoms with Gasteiger partial charge in [0.2, 0.25) is 5.91 Å². The lowest BCUT2D eigenvalue weighted by Crippen LogP contribution is -2.51. The number of hydrogen-bond donors (Lipinski definition) is 2. The van der Waals surface area contributed by atoms with Gasteiger partial charge in [-0.3, -0.25) is 14.4 Å². The minimum atomic E-state index is -0.757. The molecule has 2 atom stereocenters. The summed E-state index contributed by atoms with van der Waals surface area (Å²) in [5, 5.41) is 5.25. The molecule has 180 valence electrons. The quantitative estimate of drug-likeness (QED) is 0.596. The van der Waals surface area contributed by atoms with Crippen LogP contribution in [0, 0.1) is 11.7 Å². The summed E-state index contributed by atoms with van der Waals surface area (Å²) in [5.41, 5.74) is 1.96. The molecule has 0 saturated carbocycles. The molecule has 0 spiro atoms. The van der Waals surface area contributed by atoms with Gasteiger partial charge in [-0.05, 0) is 81.8 Å². The third-order valence-electron chi connectivity index (χ3n) is 5.99. The second-order valence-corrected chi connectivity index (χ2v) is 8.85. The van der Waals surface area contributed by atoms with Crippen molar-refractivity contribution in [3.63, 3.8) is 0 Å². The molecular weight excluding hydrogens is 437 g/mol. The molecule has 0 bridgehead atoms. The lowest BCUT2D eigenvalue weighted by atomic mass is 9.91. The van der Waals surface area contributed by atoms with E-state index in [1.165, 1.54) is 44.2 Å². The van der Waals surface area contributed by atoms with Crippen LogP contribution in [0.2, 0.25) is 0 Å². The van der Waals surface area contributed by atoms with Crippen molar-refractivity contribution in [2.24, 2.45) is 5.92 Å². The van der Waals surface area contributed by atoms with Crippen LogP contribution in [0.1, 0.15) is 59.9 Å². The van der Waals surface area contributed by atoms with Gasteiger partial charge < -0.3 is 15.5 Å². The van der Waals surface area contributed by atoms with Crippen LogP contribution in [0.4, 0.5) is 14.9 Å². The number of anilines is 1. The first kappa shape index (κ1) is 25.1. The van der Waals surface area contributed by atoms with Crippen LogP contribution in [0.5, 0.6) is 0 Å².